The zero-order valence-electron chi connectivity index (χ0n) is 9.17. The molecule has 0 aromatic heterocycles. The van der Waals surface area contributed by atoms with Crippen LogP contribution in [0.1, 0.15) is 37.7 Å². The smallest absolute Gasteiger partial charge is 0.123 e. The SMILES string of the molecule is CC(CCNC1CC1)c1cccc(F)c1. The van der Waals surface area contributed by atoms with Gasteiger partial charge in [-0.2, -0.15) is 0 Å². The minimum absolute atomic E-state index is 0.130. The summed E-state index contributed by atoms with van der Waals surface area (Å²) in [6, 6.07) is 7.70. The Morgan fingerprint density at radius 1 is 1.47 bits per heavy atom. The van der Waals surface area contributed by atoms with E-state index >= 15 is 0 Å². The van der Waals surface area contributed by atoms with E-state index in [2.05, 4.69) is 12.2 Å². The van der Waals surface area contributed by atoms with Gasteiger partial charge >= 0.3 is 0 Å². The molecule has 82 valence electrons. The molecular formula is C13H18FN. The van der Waals surface area contributed by atoms with Gasteiger partial charge in [-0.3, -0.25) is 0 Å². The lowest BCUT2D eigenvalue weighted by Crippen LogP contribution is -2.18. The van der Waals surface area contributed by atoms with Gasteiger partial charge in [0.05, 0.1) is 0 Å². The van der Waals surface area contributed by atoms with Gasteiger partial charge in [0, 0.05) is 6.04 Å². The molecule has 1 nitrogen and oxygen atoms in total. The van der Waals surface area contributed by atoms with Crippen LogP contribution in [0.15, 0.2) is 24.3 Å². The van der Waals surface area contributed by atoms with Crippen molar-refractivity contribution >= 4 is 0 Å². The normalized spacial score (nSPS) is 17.7. The molecular weight excluding hydrogens is 189 g/mol. The molecule has 1 atom stereocenters. The summed E-state index contributed by atoms with van der Waals surface area (Å²) < 4.78 is 13.0. The summed E-state index contributed by atoms with van der Waals surface area (Å²) in [5.41, 5.74) is 1.10. The third-order valence-electron chi connectivity index (χ3n) is 3.01. The summed E-state index contributed by atoms with van der Waals surface area (Å²) in [6.45, 7) is 3.20. The lowest BCUT2D eigenvalue weighted by atomic mass is 9.98. The zero-order valence-corrected chi connectivity index (χ0v) is 9.17. The number of benzene rings is 1. The second-order valence-corrected chi connectivity index (χ2v) is 4.47. The van der Waals surface area contributed by atoms with Crippen molar-refractivity contribution in [2.75, 3.05) is 6.54 Å². The molecule has 1 aromatic rings. The summed E-state index contributed by atoms with van der Waals surface area (Å²) in [5.74, 6) is 0.307. The van der Waals surface area contributed by atoms with E-state index in [1.807, 2.05) is 6.07 Å². The molecule has 1 fully saturated rings. The Kier molecular flexibility index (Phi) is 3.37. The molecule has 1 saturated carbocycles. The zero-order chi connectivity index (χ0) is 10.7. The molecule has 0 aliphatic heterocycles. The first-order chi connectivity index (χ1) is 7.25. The molecule has 0 radical (unpaired) electrons. The quantitative estimate of drug-likeness (QED) is 0.782. The molecule has 2 heteroatoms. The van der Waals surface area contributed by atoms with Crippen LogP contribution in [0.3, 0.4) is 0 Å². The van der Waals surface area contributed by atoms with Crippen molar-refractivity contribution in [3.63, 3.8) is 0 Å². The van der Waals surface area contributed by atoms with Crippen LogP contribution in [0.25, 0.3) is 0 Å². The van der Waals surface area contributed by atoms with E-state index in [0.29, 0.717) is 5.92 Å². The van der Waals surface area contributed by atoms with E-state index in [9.17, 15) is 4.39 Å². The van der Waals surface area contributed by atoms with Crippen LogP contribution in [-0.2, 0) is 0 Å². The molecule has 0 amide bonds. The van der Waals surface area contributed by atoms with Gasteiger partial charge in [0.25, 0.3) is 0 Å². The standard InChI is InChI=1S/C13H18FN/c1-10(7-8-15-13-5-6-13)11-3-2-4-12(14)9-11/h2-4,9-10,13,15H,5-8H2,1H3. The molecule has 1 N–H and O–H groups in total. The first-order valence-electron chi connectivity index (χ1n) is 5.74. The van der Waals surface area contributed by atoms with Crippen molar-refractivity contribution in [2.45, 2.75) is 38.1 Å². The van der Waals surface area contributed by atoms with Crippen LogP contribution in [0.2, 0.25) is 0 Å². The molecule has 2 rings (SSSR count). The Balaban J connectivity index is 1.80. The predicted molar refractivity (Wildman–Crippen MR) is 60.5 cm³/mol. The highest BCUT2D eigenvalue weighted by Gasteiger charge is 2.20. The summed E-state index contributed by atoms with van der Waals surface area (Å²) in [6.07, 6.45) is 3.74. The Hall–Kier alpha value is -0.890. The van der Waals surface area contributed by atoms with E-state index in [1.165, 1.54) is 18.9 Å². The Bertz CT molecular complexity index is 320. The molecule has 1 unspecified atom stereocenters. The molecule has 0 bridgehead atoms. The maximum absolute atomic E-state index is 13.0. The fraction of sp³-hybridized carbons (Fsp3) is 0.538. The highest BCUT2D eigenvalue weighted by Crippen LogP contribution is 2.21. The van der Waals surface area contributed by atoms with Gasteiger partial charge in [0.1, 0.15) is 5.82 Å². The second kappa shape index (κ2) is 4.75. The molecule has 0 heterocycles. The van der Waals surface area contributed by atoms with Gasteiger partial charge in [-0.1, -0.05) is 19.1 Å². The van der Waals surface area contributed by atoms with E-state index < -0.39 is 0 Å². The van der Waals surface area contributed by atoms with Crippen LogP contribution < -0.4 is 5.32 Å². The van der Waals surface area contributed by atoms with Crippen LogP contribution in [0.4, 0.5) is 4.39 Å². The highest BCUT2D eigenvalue weighted by atomic mass is 19.1. The van der Waals surface area contributed by atoms with Gasteiger partial charge in [0.15, 0.2) is 0 Å². The van der Waals surface area contributed by atoms with Gasteiger partial charge in [-0.25, -0.2) is 4.39 Å². The predicted octanol–water partition coefficient (Wildman–Crippen LogP) is 3.07. The average molecular weight is 207 g/mol. The van der Waals surface area contributed by atoms with Gasteiger partial charge in [0.2, 0.25) is 0 Å². The Labute approximate surface area is 90.7 Å². The lowest BCUT2D eigenvalue weighted by molar-refractivity contribution is 0.583. The number of hydrogen-bond donors (Lipinski definition) is 1. The van der Waals surface area contributed by atoms with Crippen LogP contribution in [0.5, 0.6) is 0 Å². The monoisotopic (exact) mass is 207 g/mol. The van der Waals surface area contributed by atoms with Gasteiger partial charge in [-0.05, 0) is 49.4 Å². The Morgan fingerprint density at radius 3 is 2.93 bits per heavy atom. The van der Waals surface area contributed by atoms with Crippen molar-refractivity contribution in [3.05, 3.63) is 35.6 Å². The largest absolute Gasteiger partial charge is 0.314 e. The molecule has 1 aliphatic carbocycles. The van der Waals surface area contributed by atoms with E-state index in [-0.39, 0.29) is 5.82 Å². The highest BCUT2D eigenvalue weighted by molar-refractivity contribution is 5.19. The van der Waals surface area contributed by atoms with Crippen molar-refractivity contribution in [3.8, 4) is 0 Å². The van der Waals surface area contributed by atoms with Gasteiger partial charge in [-0.15, -0.1) is 0 Å². The van der Waals surface area contributed by atoms with E-state index in [1.54, 1.807) is 12.1 Å². The first-order valence-corrected chi connectivity index (χ1v) is 5.74. The summed E-state index contributed by atoms with van der Waals surface area (Å²) >= 11 is 0. The summed E-state index contributed by atoms with van der Waals surface area (Å²) in [7, 11) is 0. The average Bonchev–Trinajstić information content (AvgIpc) is 3.01. The number of halogens is 1. The fourth-order valence-corrected chi connectivity index (χ4v) is 1.77. The maximum Gasteiger partial charge on any atom is 0.123 e. The van der Waals surface area contributed by atoms with Crippen LogP contribution in [0, 0.1) is 5.82 Å². The third kappa shape index (κ3) is 3.31. The van der Waals surface area contributed by atoms with Crippen molar-refractivity contribution in [2.24, 2.45) is 0 Å². The van der Waals surface area contributed by atoms with Gasteiger partial charge < -0.3 is 5.32 Å². The lowest BCUT2D eigenvalue weighted by Gasteiger charge is -2.12. The van der Waals surface area contributed by atoms with Crippen molar-refractivity contribution in [1.82, 2.24) is 5.32 Å². The number of nitrogens with one attached hydrogen (secondary N) is 1. The first kappa shape index (κ1) is 10.6. The third-order valence-corrected chi connectivity index (χ3v) is 3.01. The Morgan fingerprint density at radius 2 is 2.27 bits per heavy atom. The van der Waals surface area contributed by atoms with Crippen LogP contribution >= 0.6 is 0 Å². The maximum atomic E-state index is 13.0. The van der Waals surface area contributed by atoms with Crippen molar-refractivity contribution in [1.29, 1.82) is 0 Å². The molecule has 0 saturated heterocycles. The molecule has 15 heavy (non-hydrogen) atoms. The minimum Gasteiger partial charge on any atom is -0.314 e. The van der Waals surface area contributed by atoms with E-state index in [0.717, 1.165) is 24.6 Å². The van der Waals surface area contributed by atoms with Crippen LogP contribution in [-0.4, -0.2) is 12.6 Å². The minimum atomic E-state index is -0.130. The molecule has 1 aromatic carbocycles. The van der Waals surface area contributed by atoms with E-state index in [4.69, 9.17) is 0 Å². The summed E-state index contributed by atoms with van der Waals surface area (Å²) in [4.78, 5) is 0. The summed E-state index contributed by atoms with van der Waals surface area (Å²) in [5, 5.41) is 3.48. The fourth-order valence-electron chi connectivity index (χ4n) is 1.77. The van der Waals surface area contributed by atoms with Crippen molar-refractivity contribution < 1.29 is 4.39 Å². The topological polar surface area (TPSA) is 12.0 Å². The second-order valence-electron chi connectivity index (χ2n) is 4.47. The molecule has 0 spiro atoms. The molecule has 1 aliphatic rings. The number of hydrogen-bond acceptors (Lipinski definition) is 1. The number of rotatable bonds is 5.